The molecule has 1 aliphatic heterocycles. The van der Waals surface area contributed by atoms with Gasteiger partial charge in [-0.1, -0.05) is 31.2 Å². The van der Waals surface area contributed by atoms with Crippen molar-refractivity contribution in [2.45, 2.75) is 31.8 Å². The van der Waals surface area contributed by atoms with Crippen LogP contribution < -0.4 is 15.4 Å². The molecule has 0 bridgehead atoms. The summed E-state index contributed by atoms with van der Waals surface area (Å²) in [5, 5.41) is 17.5. The Labute approximate surface area is 235 Å². The van der Waals surface area contributed by atoms with Crippen molar-refractivity contribution < 1.29 is 19.1 Å². The Hall–Kier alpha value is -4.68. The minimum Gasteiger partial charge on any atom is -0.457 e. The summed E-state index contributed by atoms with van der Waals surface area (Å²) in [5.41, 5.74) is 1.55. The van der Waals surface area contributed by atoms with Crippen LogP contribution >= 0.6 is 11.3 Å². The molecule has 2 aliphatic rings. The van der Waals surface area contributed by atoms with E-state index in [4.69, 9.17) is 4.74 Å². The van der Waals surface area contributed by atoms with Gasteiger partial charge in [-0.25, -0.2) is 0 Å². The van der Waals surface area contributed by atoms with E-state index in [0.29, 0.717) is 34.7 Å². The monoisotopic (exact) mass is 550 g/mol. The molecule has 40 heavy (non-hydrogen) atoms. The van der Waals surface area contributed by atoms with E-state index in [1.54, 1.807) is 40.6 Å². The Morgan fingerprint density at radius 2 is 1.80 bits per heavy atom. The van der Waals surface area contributed by atoms with Gasteiger partial charge >= 0.3 is 0 Å². The average Bonchev–Trinajstić information content (AvgIpc) is 3.30. The van der Waals surface area contributed by atoms with Crippen molar-refractivity contribution in [1.29, 1.82) is 5.26 Å². The first-order valence-corrected chi connectivity index (χ1v) is 13.9. The number of ether oxygens (including phenoxy) is 1. The molecular weight excluding hydrogens is 524 g/mol. The Bertz CT molecular complexity index is 1660. The van der Waals surface area contributed by atoms with Crippen LogP contribution in [-0.2, 0) is 9.59 Å². The SMILES string of the molecule is C[C@@]12C[C@@H]1N(C(=O)CNC(=O)c1ccc(Oc3ccccc3)cc1)[C@H](C(=O)Nc1ccc3c(C#N)csc3c1)C2. The molecule has 1 saturated heterocycles. The smallest absolute Gasteiger partial charge is 0.251 e. The molecule has 2 fully saturated rings. The molecule has 9 heteroatoms. The van der Waals surface area contributed by atoms with Gasteiger partial charge in [-0.15, -0.1) is 11.3 Å². The normalized spacial score (nSPS) is 20.9. The Morgan fingerprint density at radius 1 is 1.05 bits per heavy atom. The summed E-state index contributed by atoms with van der Waals surface area (Å²) < 4.78 is 6.67. The number of hydrogen-bond donors (Lipinski definition) is 2. The third kappa shape index (κ3) is 4.90. The van der Waals surface area contributed by atoms with Crippen LogP contribution in [0.3, 0.4) is 0 Å². The Morgan fingerprint density at radius 3 is 2.55 bits per heavy atom. The summed E-state index contributed by atoms with van der Waals surface area (Å²) in [6.07, 6.45) is 1.42. The summed E-state index contributed by atoms with van der Waals surface area (Å²) in [4.78, 5) is 41.0. The molecule has 2 N–H and O–H groups in total. The summed E-state index contributed by atoms with van der Waals surface area (Å²) in [6.45, 7) is 1.89. The van der Waals surface area contributed by atoms with Gasteiger partial charge in [-0.2, -0.15) is 5.26 Å². The van der Waals surface area contributed by atoms with Crippen LogP contribution in [-0.4, -0.2) is 41.2 Å². The van der Waals surface area contributed by atoms with Crippen LogP contribution in [0.1, 0.15) is 35.7 Å². The number of rotatable bonds is 7. The molecule has 0 radical (unpaired) electrons. The number of carbonyl (C=O) groups is 3. The highest BCUT2D eigenvalue weighted by molar-refractivity contribution is 7.17. The number of benzene rings is 3. The van der Waals surface area contributed by atoms with Gasteiger partial charge in [0.15, 0.2) is 0 Å². The first-order valence-electron chi connectivity index (χ1n) is 13.0. The standard InChI is InChI=1S/C31H26N4O4S/c1-31-14-25(30(38)34-21-9-12-24-20(16-32)18-40-26(24)13-21)35(27(31)15-31)28(36)17-33-29(37)19-7-10-23(11-8-19)39-22-5-3-2-4-6-22/h2-13,18,25,27H,14-15,17H2,1H3,(H,33,37)(H,34,38)/t25-,27-,31+/m0/s1. The zero-order valence-electron chi connectivity index (χ0n) is 21.7. The van der Waals surface area contributed by atoms with E-state index >= 15 is 0 Å². The lowest BCUT2D eigenvalue weighted by Gasteiger charge is -2.27. The van der Waals surface area contributed by atoms with Gasteiger partial charge in [0.25, 0.3) is 5.91 Å². The van der Waals surface area contributed by atoms with Crippen molar-refractivity contribution in [3.63, 3.8) is 0 Å². The first kappa shape index (κ1) is 25.6. The number of carbonyl (C=O) groups excluding carboxylic acids is 3. The number of nitriles is 1. The lowest BCUT2D eigenvalue weighted by molar-refractivity contribution is -0.137. The van der Waals surface area contributed by atoms with E-state index in [-0.39, 0.29) is 35.7 Å². The minimum atomic E-state index is -0.615. The summed E-state index contributed by atoms with van der Waals surface area (Å²) >= 11 is 1.45. The van der Waals surface area contributed by atoms with E-state index in [2.05, 4.69) is 23.6 Å². The van der Waals surface area contributed by atoms with Gasteiger partial charge in [0, 0.05) is 32.8 Å². The van der Waals surface area contributed by atoms with Crippen LogP contribution in [0.2, 0.25) is 0 Å². The molecule has 0 unspecified atom stereocenters. The summed E-state index contributed by atoms with van der Waals surface area (Å²) in [6, 6.07) is 23.0. The number of likely N-dealkylation sites (tertiary alicyclic amines) is 1. The topological polar surface area (TPSA) is 112 Å². The third-order valence-corrected chi connectivity index (χ3v) is 8.63. The second-order valence-electron chi connectivity index (χ2n) is 10.5. The average molecular weight is 551 g/mol. The molecular formula is C31H26N4O4S. The molecule has 3 amide bonds. The van der Waals surface area contributed by atoms with Crippen molar-refractivity contribution in [2.75, 3.05) is 11.9 Å². The quantitative estimate of drug-likeness (QED) is 0.324. The highest BCUT2D eigenvalue weighted by atomic mass is 32.1. The number of anilines is 1. The predicted octanol–water partition coefficient (Wildman–Crippen LogP) is 5.31. The highest BCUT2D eigenvalue weighted by Crippen LogP contribution is 2.59. The number of para-hydroxylation sites is 1. The maximum Gasteiger partial charge on any atom is 0.251 e. The van der Waals surface area contributed by atoms with E-state index in [9.17, 15) is 19.6 Å². The molecule has 3 atom stereocenters. The molecule has 4 aromatic rings. The van der Waals surface area contributed by atoms with E-state index in [1.165, 1.54) is 11.3 Å². The zero-order valence-corrected chi connectivity index (χ0v) is 22.5. The van der Waals surface area contributed by atoms with Crippen molar-refractivity contribution in [3.05, 3.63) is 89.3 Å². The van der Waals surface area contributed by atoms with Gasteiger partial charge in [0.1, 0.15) is 23.6 Å². The lowest BCUT2D eigenvalue weighted by Crippen LogP contribution is -2.49. The molecule has 1 saturated carbocycles. The fraction of sp³-hybridized carbons (Fsp3) is 0.226. The zero-order chi connectivity index (χ0) is 27.9. The number of hydrogen-bond acceptors (Lipinski definition) is 6. The second kappa shape index (κ2) is 10.1. The predicted molar refractivity (Wildman–Crippen MR) is 152 cm³/mol. The van der Waals surface area contributed by atoms with Crippen molar-refractivity contribution >= 4 is 44.8 Å². The number of fused-ring (bicyclic) bond motifs is 2. The van der Waals surface area contributed by atoms with Gasteiger partial charge < -0.3 is 20.3 Å². The Balaban J connectivity index is 1.08. The molecule has 2 heterocycles. The molecule has 3 aromatic carbocycles. The van der Waals surface area contributed by atoms with Crippen LogP contribution in [0.4, 0.5) is 5.69 Å². The maximum absolute atomic E-state index is 13.3. The number of piperidine rings is 1. The number of thiophene rings is 1. The van der Waals surface area contributed by atoms with Gasteiger partial charge in [-0.3, -0.25) is 14.4 Å². The molecule has 8 nitrogen and oxygen atoms in total. The number of nitrogens with one attached hydrogen (secondary N) is 2. The molecule has 0 spiro atoms. The van der Waals surface area contributed by atoms with Crippen LogP contribution in [0.25, 0.3) is 10.1 Å². The minimum absolute atomic E-state index is 0.0139. The maximum atomic E-state index is 13.3. The highest BCUT2D eigenvalue weighted by Gasteiger charge is 2.64. The van der Waals surface area contributed by atoms with Crippen LogP contribution in [0, 0.1) is 16.7 Å². The van der Waals surface area contributed by atoms with Crippen LogP contribution in [0.15, 0.2) is 78.2 Å². The summed E-state index contributed by atoms with van der Waals surface area (Å²) in [5.74, 6) is 0.386. The van der Waals surface area contributed by atoms with Gasteiger partial charge in [-0.05, 0) is 66.8 Å². The Kier molecular flexibility index (Phi) is 6.48. The molecule has 200 valence electrons. The van der Waals surface area contributed by atoms with E-state index in [0.717, 1.165) is 16.5 Å². The summed E-state index contributed by atoms with van der Waals surface area (Å²) in [7, 11) is 0. The van der Waals surface area contributed by atoms with Crippen LogP contribution in [0.5, 0.6) is 11.5 Å². The fourth-order valence-corrected chi connectivity index (χ4v) is 6.35. The molecule has 6 rings (SSSR count). The molecule has 1 aliphatic carbocycles. The van der Waals surface area contributed by atoms with Gasteiger partial charge in [0.2, 0.25) is 11.8 Å². The molecule has 1 aromatic heterocycles. The first-order chi connectivity index (χ1) is 19.3. The largest absolute Gasteiger partial charge is 0.457 e. The van der Waals surface area contributed by atoms with Crippen molar-refractivity contribution in [3.8, 4) is 17.6 Å². The van der Waals surface area contributed by atoms with Crippen molar-refractivity contribution in [2.24, 2.45) is 5.41 Å². The fourth-order valence-electron chi connectivity index (χ4n) is 5.43. The number of amides is 3. The van der Waals surface area contributed by atoms with Gasteiger partial charge in [0.05, 0.1) is 12.1 Å². The number of nitrogens with zero attached hydrogens (tertiary/aromatic N) is 2. The van der Waals surface area contributed by atoms with Crippen molar-refractivity contribution in [1.82, 2.24) is 10.2 Å². The second-order valence-corrected chi connectivity index (χ2v) is 11.4. The van der Waals surface area contributed by atoms with E-state index in [1.807, 2.05) is 42.5 Å². The van der Waals surface area contributed by atoms with E-state index < -0.39 is 6.04 Å². The lowest BCUT2D eigenvalue weighted by atomic mass is 10.0. The third-order valence-electron chi connectivity index (χ3n) is 7.68.